The summed E-state index contributed by atoms with van der Waals surface area (Å²) < 4.78 is 6.70. The van der Waals surface area contributed by atoms with Gasteiger partial charge >= 0.3 is 5.69 Å². The number of rotatable bonds is 6. The van der Waals surface area contributed by atoms with E-state index in [1.165, 1.54) is 10.9 Å². The summed E-state index contributed by atoms with van der Waals surface area (Å²) in [4.78, 5) is 26.0. The Bertz CT molecular complexity index is 823. The van der Waals surface area contributed by atoms with Gasteiger partial charge in [-0.1, -0.05) is 18.2 Å². The second-order valence-corrected chi connectivity index (χ2v) is 7.14. The van der Waals surface area contributed by atoms with E-state index in [1.807, 2.05) is 30.3 Å². The van der Waals surface area contributed by atoms with Crippen molar-refractivity contribution in [1.82, 2.24) is 14.7 Å². The second kappa shape index (κ2) is 7.58. The average molecular weight is 370 g/mol. The van der Waals surface area contributed by atoms with E-state index in [1.54, 1.807) is 0 Å². The minimum absolute atomic E-state index is 0.00729. The highest BCUT2D eigenvalue weighted by Gasteiger charge is 2.33. The molecule has 2 saturated heterocycles. The molecule has 2 fully saturated rings. The van der Waals surface area contributed by atoms with E-state index in [0.29, 0.717) is 6.04 Å². The highest BCUT2D eigenvalue weighted by molar-refractivity contribution is 5.83. The standard InChI is InChI=1S/C19H22N4O4/c24-19(14-6-8-21(9-7-14)16-12-27-13-16)10-17-18(23(25)26)11-22(20-17)15-4-2-1-3-5-15/h1-5,11,14,16H,6-10,12-13H2. The van der Waals surface area contributed by atoms with Crippen LogP contribution >= 0.6 is 0 Å². The zero-order chi connectivity index (χ0) is 18.8. The maximum Gasteiger partial charge on any atom is 0.311 e. The lowest BCUT2D eigenvalue weighted by molar-refractivity contribution is -0.385. The average Bonchev–Trinajstić information content (AvgIpc) is 3.06. The number of carbonyl (C=O) groups excluding carboxylic acids is 1. The molecule has 4 rings (SSSR count). The Morgan fingerprint density at radius 3 is 2.52 bits per heavy atom. The van der Waals surface area contributed by atoms with Gasteiger partial charge in [-0.25, -0.2) is 4.68 Å². The molecular formula is C19H22N4O4. The van der Waals surface area contributed by atoms with Gasteiger partial charge in [0.25, 0.3) is 0 Å². The summed E-state index contributed by atoms with van der Waals surface area (Å²) in [5, 5.41) is 15.7. The number of piperidine rings is 1. The van der Waals surface area contributed by atoms with E-state index in [2.05, 4.69) is 10.00 Å². The zero-order valence-corrected chi connectivity index (χ0v) is 15.0. The molecule has 0 unspecified atom stereocenters. The number of Topliss-reactive ketones (excluding diaryl/α,β-unsaturated/α-hetero) is 1. The number of nitro groups is 1. The lowest BCUT2D eigenvalue weighted by Crippen LogP contribution is -2.52. The summed E-state index contributed by atoms with van der Waals surface area (Å²) >= 11 is 0. The maximum absolute atomic E-state index is 12.7. The first kappa shape index (κ1) is 17.8. The molecule has 2 aromatic rings. The van der Waals surface area contributed by atoms with E-state index in [-0.39, 0.29) is 29.5 Å². The van der Waals surface area contributed by atoms with E-state index < -0.39 is 4.92 Å². The van der Waals surface area contributed by atoms with Crippen LogP contribution in [0.25, 0.3) is 5.69 Å². The van der Waals surface area contributed by atoms with Crippen LogP contribution in [-0.2, 0) is 16.0 Å². The number of hydrogen-bond acceptors (Lipinski definition) is 6. The summed E-state index contributed by atoms with van der Waals surface area (Å²) in [6, 6.07) is 9.69. The number of para-hydroxylation sites is 1. The second-order valence-electron chi connectivity index (χ2n) is 7.14. The van der Waals surface area contributed by atoms with Gasteiger partial charge in [-0.2, -0.15) is 5.10 Å². The van der Waals surface area contributed by atoms with Crippen molar-refractivity contribution in [3.8, 4) is 5.69 Å². The van der Waals surface area contributed by atoms with Gasteiger partial charge in [0, 0.05) is 5.92 Å². The van der Waals surface area contributed by atoms with Gasteiger partial charge in [-0.05, 0) is 38.1 Å². The van der Waals surface area contributed by atoms with E-state index in [9.17, 15) is 14.9 Å². The lowest BCUT2D eigenvalue weighted by Gasteiger charge is -2.41. The number of ketones is 1. The topological polar surface area (TPSA) is 90.5 Å². The fourth-order valence-corrected chi connectivity index (χ4v) is 3.72. The van der Waals surface area contributed by atoms with E-state index in [4.69, 9.17) is 4.74 Å². The predicted octanol–water partition coefficient (Wildman–Crippen LogP) is 2.00. The number of ether oxygens (including phenoxy) is 1. The van der Waals surface area contributed by atoms with Crippen molar-refractivity contribution in [2.24, 2.45) is 5.92 Å². The summed E-state index contributed by atoms with van der Waals surface area (Å²) in [5.74, 6) is -0.00959. The van der Waals surface area contributed by atoms with Gasteiger partial charge in [0.1, 0.15) is 17.7 Å². The smallest absolute Gasteiger partial charge is 0.311 e. The summed E-state index contributed by atoms with van der Waals surface area (Å²) in [6.45, 7) is 3.32. The molecule has 8 nitrogen and oxygen atoms in total. The third-order valence-corrected chi connectivity index (χ3v) is 5.45. The van der Waals surface area contributed by atoms with Crippen molar-refractivity contribution in [1.29, 1.82) is 0 Å². The fraction of sp³-hybridized carbons (Fsp3) is 0.474. The van der Waals surface area contributed by atoms with Crippen LogP contribution < -0.4 is 0 Å². The van der Waals surface area contributed by atoms with Crippen molar-refractivity contribution < 1.29 is 14.5 Å². The Morgan fingerprint density at radius 2 is 1.93 bits per heavy atom. The van der Waals surface area contributed by atoms with Crippen LogP contribution in [0.5, 0.6) is 0 Å². The Morgan fingerprint density at radius 1 is 1.22 bits per heavy atom. The van der Waals surface area contributed by atoms with Crippen LogP contribution in [0.2, 0.25) is 0 Å². The van der Waals surface area contributed by atoms with Gasteiger partial charge < -0.3 is 4.74 Å². The van der Waals surface area contributed by atoms with Crippen molar-refractivity contribution in [3.63, 3.8) is 0 Å². The predicted molar refractivity (Wildman–Crippen MR) is 97.8 cm³/mol. The minimum Gasteiger partial charge on any atom is -0.378 e. The number of aromatic nitrogens is 2. The number of carbonyl (C=O) groups is 1. The van der Waals surface area contributed by atoms with E-state index in [0.717, 1.165) is 44.8 Å². The Balaban J connectivity index is 1.44. The van der Waals surface area contributed by atoms with Crippen molar-refractivity contribution in [2.45, 2.75) is 25.3 Å². The molecule has 142 valence electrons. The molecular weight excluding hydrogens is 348 g/mol. The van der Waals surface area contributed by atoms with Crippen LogP contribution in [0.15, 0.2) is 36.5 Å². The van der Waals surface area contributed by atoms with Crippen LogP contribution in [0, 0.1) is 16.0 Å². The fourth-order valence-electron chi connectivity index (χ4n) is 3.72. The van der Waals surface area contributed by atoms with Crippen molar-refractivity contribution in [3.05, 3.63) is 52.3 Å². The molecule has 2 aliphatic heterocycles. The molecule has 3 heterocycles. The summed E-state index contributed by atoms with van der Waals surface area (Å²) in [7, 11) is 0. The molecule has 2 aliphatic rings. The minimum atomic E-state index is -0.464. The van der Waals surface area contributed by atoms with Crippen molar-refractivity contribution >= 4 is 11.5 Å². The largest absolute Gasteiger partial charge is 0.378 e. The molecule has 0 radical (unpaired) electrons. The van der Waals surface area contributed by atoms with Gasteiger partial charge in [0.15, 0.2) is 0 Å². The molecule has 0 aliphatic carbocycles. The molecule has 8 heteroatoms. The molecule has 0 amide bonds. The van der Waals surface area contributed by atoms with Gasteiger partial charge in [-0.3, -0.25) is 19.8 Å². The first-order valence-electron chi connectivity index (χ1n) is 9.24. The third kappa shape index (κ3) is 3.77. The Kier molecular flexibility index (Phi) is 5.00. The van der Waals surface area contributed by atoms with Crippen LogP contribution in [0.1, 0.15) is 18.5 Å². The highest BCUT2D eigenvalue weighted by Crippen LogP contribution is 2.26. The molecule has 0 saturated carbocycles. The Hall–Kier alpha value is -2.58. The molecule has 1 aromatic carbocycles. The number of benzene rings is 1. The van der Waals surface area contributed by atoms with Gasteiger partial charge in [0.05, 0.1) is 36.3 Å². The van der Waals surface area contributed by atoms with Crippen LogP contribution in [0.3, 0.4) is 0 Å². The van der Waals surface area contributed by atoms with Crippen LogP contribution in [0.4, 0.5) is 5.69 Å². The molecule has 0 bridgehead atoms. The van der Waals surface area contributed by atoms with Crippen LogP contribution in [-0.4, -0.2) is 57.7 Å². The monoisotopic (exact) mass is 370 g/mol. The highest BCUT2D eigenvalue weighted by atomic mass is 16.6. The van der Waals surface area contributed by atoms with E-state index >= 15 is 0 Å². The maximum atomic E-state index is 12.7. The molecule has 27 heavy (non-hydrogen) atoms. The van der Waals surface area contributed by atoms with Gasteiger partial charge in [0.2, 0.25) is 0 Å². The van der Waals surface area contributed by atoms with Gasteiger partial charge in [-0.15, -0.1) is 0 Å². The third-order valence-electron chi connectivity index (χ3n) is 5.45. The molecule has 0 spiro atoms. The molecule has 0 N–H and O–H groups in total. The Labute approximate surface area is 156 Å². The quantitative estimate of drug-likeness (QED) is 0.571. The first-order valence-corrected chi connectivity index (χ1v) is 9.24. The molecule has 0 atom stereocenters. The normalized spacial score (nSPS) is 19.0. The number of hydrogen-bond donors (Lipinski definition) is 0. The van der Waals surface area contributed by atoms with Crippen molar-refractivity contribution in [2.75, 3.05) is 26.3 Å². The lowest BCUT2D eigenvalue weighted by atomic mass is 9.89. The SMILES string of the molecule is O=C(Cc1nn(-c2ccccc2)cc1[N+](=O)[O-])C1CCN(C2COC2)CC1. The number of likely N-dealkylation sites (tertiary alicyclic amines) is 1. The number of nitrogens with zero attached hydrogens (tertiary/aromatic N) is 4. The first-order chi connectivity index (χ1) is 13.1. The molecule has 1 aromatic heterocycles. The summed E-state index contributed by atoms with van der Waals surface area (Å²) in [6.07, 6.45) is 2.98. The summed E-state index contributed by atoms with van der Waals surface area (Å²) in [5.41, 5.74) is 0.871. The zero-order valence-electron chi connectivity index (χ0n) is 15.0.